The van der Waals surface area contributed by atoms with Crippen LogP contribution in [0.4, 0.5) is 14.5 Å². The van der Waals surface area contributed by atoms with E-state index in [4.69, 9.17) is 0 Å². The van der Waals surface area contributed by atoms with Gasteiger partial charge in [0.2, 0.25) is 0 Å². The highest BCUT2D eigenvalue weighted by Gasteiger charge is 2.19. The zero-order valence-corrected chi connectivity index (χ0v) is 8.15. The molecule has 7 heteroatoms. The van der Waals surface area contributed by atoms with Crippen LogP contribution in [-0.2, 0) is 0 Å². The van der Waals surface area contributed by atoms with E-state index in [0.717, 1.165) is 12.1 Å². The van der Waals surface area contributed by atoms with Gasteiger partial charge in [0.1, 0.15) is 5.75 Å². The van der Waals surface area contributed by atoms with E-state index in [1.807, 2.05) is 0 Å². The van der Waals surface area contributed by atoms with Gasteiger partial charge in [-0.3, -0.25) is 14.9 Å². The van der Waals surface area contributed by atoms with Crippen LogP contribution in [0.3, 0.4) is 0 Å². The van der Waals surface area contributed by atoms with Crippen LogP contribution in [-0.4, -0.2) is 17.8 Å². The van der Waals surface area contributed by atoms with Crippen molar-refractivity contribution >= 4 is 12.0 Å². The van der Waals surface area contributed by atoms with E-state index in [1.165, 1.54) is 6.92 Å². The molecular formula is C9H7F2NO4. The molecule has 0 bridgehead atoms. The largest absolute Gasteiger partial charge is 0.434 e. The molecular weight excluding hydrogens is 224 g/mol. The number of carbonyl (C=O) groups is 1. The van der Waals surface area contributed by atoms with Gasteiger partial charge in [0.05, 0.1) is 10.5 Å². The monoisotopic (exact) mass is 231 g/mol. The molecule has 0 saturated heterocycles. The summed E-state index contributed by atoms with van der Waals surface area (Å²) in [5, 5.41) is 10.5. The third kappa shape index (κ3) is 2.30. The molecule has 0 amide bonds. The van der Waals surface area contributed by atoms with Crippen LogP contribution in [0.15, 0.2) is 12.1 Å². The van der Waals surface area contributed by atoms with Gasteiger partial charge in [0.25, 0.3) is 5.69 Å². The number of nitrogens with zero attached hydrogens (tertiary/aromatic N) is 1. The Hall–Kier alpha value is -2.05. The van der Waals surface area contributed by atoms with Crippen molar-refractivity contribution in [2.24, 2.45) is 0 Å². The summed E-state index contributed by atoms with van der Waals surface area (Å²) in [6.07, 6.45) is 0.250. The fourth-order valence-corrected chi connectivity index (χ4v) is 1.24. The van der Waals surface area contributed by atoms with Gasteiger partial charge in [-0.15, -0.1) is 0 Å². The number of nitro benzene ring substituents is 1. The van der Waals surface area contributed by atoms with Crippen LogP contribution in [0.25, 0.3) is 0 Å². The lowest BCUT2D eigenvalue weighted by Gasteiger charge is -2.08. The van der Waals surface area contributed by atoms with Crippen molar-refractivity contribution in [1.29, 1.82) is 0 Å². The molecule has 0 saturated carbocycles. The second-order valence-electron chi connectivity index (χ2n) is 2.87. The van der Waals surface area contributed by atoms with Crippen LogP contribution in [0.5, 0.6) is 5.75 Å². The fraction of sp³-hybridized carbons (Fsp3) is 0.222. The van der Waals surface area contributed by atoms with Gasteiger partial charge in [-0.25, -0.2) is 0 Å². The number of rotatable bonds is 4. The first kappa shape index (κ1) is 12.0. The Balaban J connectivity index is 3.29. The molecule has 86 valence electrons. The predicted molar refractivity (Wildman–Crippen MR) is 49.9 cm³/mol. The highest BCUT2D eigenvalue weighted by Crippen LogP contribution is 2.29. The van der Waals surface area contributed by atoms with Crippen LogP contribution >= 0.6 is 0 Å². The number of hydrogen-bond donors (Lipinski definition) is 0. The standard InChI is InChI=1S/C9H7F2NO4/c1-5-6(4-13)8(16-9(10)11)3-2-7(5)12(14)15/h2-4,9H,1H3. The highest BCUT2D eigenvalue weighted by molar-refractivity contribution is 5.83. The van der Waals surface area contributed by atoms with Gasteiger partial charge in [-0.05, 0) is 13.0 Å². The normalized spacial score (nSPS) is 10.2. The Morgan fingerprint density at radius 3 is 2.56 bits per heavy atom. The maximum Gasteiger partial charge on any atom is 0.387 e. The molecule has 1 rings (SSSR count). The van der Waals surface area contributed by atoms with Crippen molar-refractivity contribution < 1.29 is 23.2 Å². The summed E-state index contributed by atoms with van der Waals surface area (Å²) in [5.74, 6) is -0.367. The minimum absolute atomic E-state index is 0.00171. The fourth-order valence-electron chi connectivity index (χ4n) is 1.24. The third-order valence-corrected chi connectivity index (χ3v) is 1.98. The molecule has 0 heterocycles. The van der Waals surface area contributed by atoms with E-state index < -0.39 is 11.5 Å². The maximum absolute atomic E-state index is 12.0. The number of alkyl halides is 2. The first-order chi connectivity index (χ1) is 7.47. The van der Waals surface area contributed by atoms with Crippen molar-refractivity contribution in [1.82, 2.24) is 0 Å². The Morgan fingerprint density at radius 1 is 1.50 bits per heavy atom. The summed E-state index contributed by atoms with van der Waals surface area (Å²) in [4.78, 5) is 20.5. The van der Waals surface area contributed by atoms with Crippen molar-refractivity contribution in [2.75, 3.05) is 0 Å². The van der Waals surface area contributed by atoms with Crippen LogP contribution in [0.2, 0.25) is 0 Å². The van der Waals surface area contributed by atoms with E-state index in [0.29, 0.717) is 0 Å². The minimum atomic E-state index is -3.08. The summed E-state index contributed by atoms with van der Waals surface area (Å²) < 4.78 is 28.0. The van der Waals surface area contributed by atoms with Gasteiger partial charge >= 0.3 is 6.61 Å². The van der Waals surface area contributed by atoms with Gasteiger partial charge in [-0.2, -0.15) is 8.78 Å². The molecule has 0 unspecified atom stereocenters. The van der Waals surface area contributed by atoms with E-state index in [9.17, 15) is 23.7 Å². The quantitative estimate of drug-likeness (QED) is 0.453. The number of nitro groups is 1. The number of hydrogen-bond acceptors (Lipinski definition) is 4. The SMILES string of the molecule is Cc1c([N+](=O)[O-])ccc(OC(F)F)c1C=O. The molecule has 0 aliphatic heterocycles. The van der Waals surface area contributed by atoms with E-state index in [1.54, 1.807) is 0 Å². The summed E-state index contributed by atoms with van der Waals surface area (Å²) in [7, 11) is 0. The lowest BCUT2D eigenvalue weighted by molar-refractivity contribution is -0.385. The Labute approximate surface area is 88.8 Å². The number of benzene rings is 1. The van der Waals surface area contributed by atoms with Crippen molar-refractivity contribution in [3.8, 4) is 5.75 Å². The molecule has 1 aromatic carbocycles. The number of halogens is 2. The zero-order chi connectivity index (χ0) is 12.3. The van der Waals surface area contributed by atoms with Gasteiger partial charge in [0, 0.05) is 11.6 Å². The molecule has 0 aliphatic rings. The molecule has 0 N–H and O–H groups in total. The van der Waals surface area contributed by atoms with Gasteiger partial charge < -0.3 is 4.74 Å². The summed E-state index contributed by atoms with van der Waals surface area (Å²) in [6, 6.07) is 1.99. The van der Waals surface area contributed by atoms with Crippen molar-refractivity contribution in [3.05, 3.63) is 33.4 Å². The molecule has 0 radical (unpaired) electrons. The maximum atomic E-state index is 12.0. The summed E-state index contributed by atoms with van der Waals surface area (Å²) in [6.45, 7) is -1.79. The van der Waals surface area contributed by atoms with Crippen LogP contribution in [0.1, 0.15) is 15.9 Å². The van der Waals surface area contributed by atoms with Crippen molar-refractivity contribution in [3.63, 3.8) is 0 Å². The second kappa shape index (κ2) is 4.65. The van der Waals surface area contributed by atoms with Crippen LogP contribution < -0.4 is 4.74 Å². The lowest BCUT2D eigenvalue weighted by atomic mass is 10.1. The number of carbonyl (C=O) groups excluding carboxylic acids is 1. The highest BCUT2D eigenvalue weighted by atomic mass is 19.3. The molecule has 0 atom stereocenters. The van der Waals surface area contributed by atoms with Gasteiger partial charge in [-0.1, -0.05) is 0 Å². The molecule has 0 aromatic heterocycles. The van der Waals surface area contributed by atoms with Gasteiger partial charge in [0.15, 0.2) is 6.29 Å². The average molecular weight is 231 g/mol. The number of aldehydes is 1. The summed E-state index contributed by atoms with van der Waals surface area (Å²) >= 11 is 0. The molecule has 5 nitrogen and oxygen atoms in total. The second-order valence-corrected chi connectivity index (χ2v) is 2.87. The lowest BCUT2D eigenvalue weighted by Crippen LogP contribution is -2.06. The first-order valence-corrected chi connectivity index (χ1v) is 4.15. The Kier molecular flexibility index (Phi) is 3.49. The Bertz CT molecular complexity index is 434. The van der Waals surface area contributed by atoms with Crippen LogP contribution in [0, 0.1) is 17.0 Å². The molecule has 16 heavy (non-hydrogen) atoms. The Morgan fingerprint density at radius 2 is 2.12 bits per heavy atom. The van der Waals surface area contributed by atoms with Crippen molar-refractivity contribution in [2.45, 2.75) is 13.5 Å². The molecule has 0 fully saturated rings. The minimum Gasteiger partial charge on any atom is -0.434 e. The zero-order valence-electron chi connectivity index (χ0n) is 8.15. The van der Waals surface area contributed by atoms with E-state index in [2.05, 4.69) is 4.74 Å². The summed E-state index contributed by atoms with van der Waals surface area (Å²) in [5.41, 5.74) is -0.559. The topological polar surface area (TPSA) is 69.4 Å². The van der Waals surface area contributed by atoms with E-state index in [-0.39, 0.29) is 28.8 Å². The average Bonchev–Trinajstić information content (AvgIpc) is 2.16. The van der Waals surface area contributed by atoms with E-state index >= 15 is 0 Å². The molecule has 0 spiro atoms. The molecule has 1 aromatic rings. The third-order valence-electron chi connectivity index (χ3n) is 1.98. The predicted octanol–water partition coefficient (Wildman–Crippen LogP) is 2.32. The smallest absolute Gasteiger partial charge is 0.387 e. The molecule has 0 aliphatic carbocycles. The number of ether oxygens (including phenoxy) is 1. The first-order valence-electron chi connectivity index (χ1n) is 4.15.